The van der Waals surface area contributed by atoms with Gasteiger partial charge in [-0.3, -0.25) is 4.90 Å². The maximum atomic E-state index is 11.6. The highest BCUT2D eigenvalue weighted by atomic mass is 79.9. The summed E-state index contributed by atoms with van der Waals surface area (Å²) < 4.78 is 1.08. The number of carbonyl (C=O) groups excluding carboxylic acids is 1. The van der Waals surface area contributed by atoms with Gasteiger partial charge >= 0.3 is 6.03 Å². The predicted octanol–water partition coefficient (Wildman–Crippen LogP) is 5.38. The molecule has 0 aromatic heterocycles. The Morgan fingerprint density at radius 1 is 1.06 bits per heavy atom. The van der Waals surface area contributed by atoms with Crippen molar-refractivity contribution in [2.24, 2.45) is 0 Å². The van der Waals surface area contributed by atoms with Crippen LogP contribution < -0.4 is 10.6 Å². The first-order valence-corrected chi connectivity index (χ1v) is 12.2. The number of anilines is 1. The van der Waals surface area contributed by atoms with E-state index in [4.69, 9.17) is 0 Å². The molecule has 2 aromatic carbocycles. The van der Waals surface area contributed by atoms with Gasteiger partial charge in [-0.2, -0.15) is 5.32 Å². The Balaban J connectivity index is 1.14. The zero-order valence-corrected chi connectivity index (χ0v) is 19.7. The topological polar surface area (TPSA) is 49.7 Å². The predicted molar refractivity (Wildman–Crippen MR) is 128 cm³/mol. The minimum Gasteiger partial charge on any atom is -0.304 e. The summed E-state index contributed by atoms with van der Waals surface area (Å²) in [5.74, 6) is 0.537. The molecule has 0 saturated carbocycles. The van der Waals surface area contributed by atoms with Gasteiger partial charge in [-0.1, -0.05) is 40.2 Å². The van der Waals surface area contributed by atoms with Crippen molar-refractivity contribution in [1.82, 2.24) is 15.1 Å². The van der Waals surface area contributed by atoms with E-state index in [-0.39, 0.29) is 6.03 Å². The van der Waals surface area contributed by atoms with Gasteiger partial charge < -0.3 is 10.2 Å². The summed E-state index contributed by atoms with van der Waals surface area (Å²) in [4.78, 5) is 16.9. The fourth-order valence-corrected chi connectivity index (χ4v) is 6.04. The third-order valence-electron chi connectivity index (χ3n) is 7.28. The number of fused-ring (bicyclic) bond motifs is 1. The van der Waals surface area contributed by atoms with Gasteiger partial charge in [0.1, 0.15) is 0 Å². The molecule has 6 heteroatoms. The maximum absolute atomic E-state index is 11.6. The number of halogens is 1. The van der Waals surface area contributed by atoms with E-state index in [1.54, 1.807) is 0 Å². The highest BCUT2D eigenvalue weighted by Gasteiger charge is 2.30. The first kappa shape index (κ1) is 21.0. The zero-order chi connectivity index (χ0) is 21.4. The first-order valence-electron chi connectivity index (χ1n) is 11.4. The molecule has 0 bridgehead atoms. The van der Waals surface area contributed by atoms with Crippen molar-refractivity contribution in [2.45, 2.75) is 51.1 Å². The van der Waals surface area contributed by atoms with Crippen molar-refractivity contribution in [3.8, 4) is 0 Å². The van der Waals surface area contributed by atoms with Gasteiger partial charge in [-0.15, -0.1) is 0 Å². The van der Waals surface area contributed by atoms with E-state index in [0.29, 0.717) is 5.92 Å². The lowest BCUT2D eigenvalue weighted by Crippen LogP contribution is -2.47. The van der Waals surface area contributed by atoms with E-state index in [2.05, 4.69) is 73.6 Å². The van der Waals surface area contributed by atoms with Crippen molar-refractivity contribution < 1.29 is 4.79 Å². The van der Waals surface area contributed by atoms with Crippen molar-refractivity contribution in [1.29, 1.82) is 0 Å². The largest absolute Gasteiger partial charge is 0.346 e. The molecule has 2 aromatic rings. The molecule has 31 heavy (non-hydrogen) atoms. The smallest absolute Gasteiger partial charge is 0.304 e. The van der Waals surface area contributed by atoms with Gasteiger partial charge in [0.05, 0.1) is 11.4 Å². The Labute approximate surface area is 193 Å². The minimum absolute atomic E-state index is 0.261. The molecule has 3 aliphatic heterocycles. The number of rotatable bonds is 4. The standard InChI is InChI=1S/C25H30BrN4O/c1-17-4-2-3-5-19(17)16-29-10-8-20(9-11-29)30-12-6-18(7-13-30)21-14-23-24(15-22(21)26)28-25(31)27-23/h2-5,14-15,18,20H,6-13,16H2,1H3,(H,27,31). The molecular weight excluding hydrogens is 452 g/mol. The van der Waals surface area contributed by atoms with Crippen LogP contribution in [0.2, 0.25) is 0 Å². The summed E-state index contributed by atoms with van der Waals surface area (Å²) in [5.41, 5.74) is 5.77. The molecule has 3 aliphatic rings. The second-order valence-electron chi connectivity index (χ2n) is 9.18. The molecule has 3 heterocycles. The van der Waals surface area contributed by atoms with Gasteiger partial charge in [0, 0.05) is 17.1 Å². The van der Waals surface area contributed by atoms with Crippen LogP contribution in [0, 0.1) is 6.92 Å². The number of urea groups is 1. The molecule has 0 aliphatic carbocycles. The van der Waals surface area contributed by atoms with Crippen LogP contribution in [0.3, 0.4) is 0 Å². The van der Waals surface area contributed by atoms with E-state index in [0.717, 1.165) is 41.5 Å². The fraction of sp³-hybridized carbons (Fsp3) is 0.480. The van der Waals surface area contributed by atoms with E-state index >= 15 is 0 Å². The normalized spacial score (nSPS) is 21.0. The van der Waals surface area contributed by atoms with Gasteiger partial charge in [0.2, 0.25) is 0 Å². The number of aryl methyl sites for hydroxylation is 1. The van der Waals surface area contributed by atoms with Crippen LogP contribution in [-0.4, -0.2) is 48.1 Å². The Morgan fingerprint density at radius 2 is 1.81 bits per heavy atom. The van der Waals surface area contributed by atoms with Crippen molar-refractivity contribution in [3.05, 3.63) is 57.6 Å². The summed E-state index contributed by atoms with van der Waals surface area (Å²) in [7, 11) is 0. The van der Waals surface area contributed by atoms with Crippen LogP contribution in [0.15, 0.2) is 40.9 Å². The summed E-state index contributed by atoms with van der Waals surface area (Å²) in [6.45, 7) is 8.00. The third-order valence-corrected chi connectivity index (χ3v) is 7.96. The number of nitrogens with zero attached hydrogens (tertiary/aromatic N) is 3. The number of benzene rings is 2. The lowest BCUT2D eigenvalue weighted by Gasteiger charge is -2.42. The number of likely N-dealkylation sites (tertiary alicyclic amines) is 2. The lowest BCUT2D eigenvalue weighted by atomic mass is 9.87. The Morgan fingerprint density at radius 3 is 2.55 bits per heavy atom. The number of nitrogens with one attached hydrogen (secondary N) is 1. The fourth-order valence-electron chi connectivity index (χ4n) is 5.38. The quantitative estimate of drug-likeness (QED) is 0.637. The van der Waals surface area contributed by atoms with Crippen LogP contribution in [-0.2, 0) is 6.54 Å². The second-order valence-corrected chi connectivity index (χ2v) is 10.0. The molecule has 5 nitrogen and oxygen atoms in total. The Bertz CT molecular complexity index is 962. The van der Waals surface area contributed by atoms with Crippen LogP contribution in [0.5, 0.6) is 0 Å². The summed E-state index contributed by atoms with van der Waals surface area (Å²) in [6.07, 6.45) is 4.89. The second kappa shape index (κ2) is 8.93. The van der Waals surface area contributed by atoms with Gasteiger partial charge in [0.25, 0.3) is 0 Å². The van der Waals surface area contributed by atoms with Gasteiger partial charge in [-0.25, -0.2) is 4.79 Å². The van der Waals surface area contributed by atoms with Crippen LogP contribution in [0.4, 0.5) is 16.2 Å². The van der Waals surface area contributed by atoms with Crippen molar-refractivity contribution >= 4 is 33.3 Å². The number of carbonyl (C=O) groups is 1. The summed E-state index contributed by atoms with van der Waals surface area (Å²) >= 11 is 3.72. The van der Waals surface area contributed by atoms with E-state index in [1.165, 1.54) is 55.5 Å². The maximum Gasteiger partial charge on any atom is 0.346 e. The zero-order valence-electron chi connectivity index (χ0n) is 18.1. The Hall–Kier alpha value is -1.89. The van der Waals surface area contributed by atoms with Crippen LogP contribution in [0.1, 0.15) is 48.3 Å². The van der Waals surface area contributed by atoms with Crippen molar-refractivity contribution in [3.63, 3.8) is 0 Å². The monoisotopic (exact) mass is 481 g/mol. The van der Waals surface area contributed by atoms with Crippen molar-refractivity contribution in [2.75, 3.05) is 31.5 Å². The van der Waals surface area contributed by atoms with Gasteiger partial charge in [-0.05, 0) is 93.5 Å². The Kier molecular flexibility index (Phi) is 6.04. The lowest BCUT2D eigenvalue weighted by molar-refractivity contribution is 0.0844. The van der Waals surface area contributed by atoms with Gasteiger partial charge in [0.15, 0.2) is 0 Å². The number of amides is 2. The molecule has 0 unspecified atom stereocenters. The molecule has 163 valence electrons. The molecular formula is C25H30BrN4O. The van der Waals surface area contributed by atoms with Crippen LogP contribution in [0.25, 0.3) is 0 Å². The summed E-state index contributed by atoms with van der Waals surface area (Å²) in [6, 6.07) is 13.3. The molecule has 0 spiro atoms. The molecule has 2 fully saturated rings. The highest BCUT2D eigenvalue weighted by Crippen LogP contribution is 2.40. The molecule has 0 atom stereocenters. The number of hydrogen-bond acceptors (Lipinski definition) is 3. The van der Waals surface area contributed by atoms with E-state index < -0.39 is 0 Å². The minimum atomic E-state index is -0.261. The molecule has 1 N–H and O–H groups in total. The third kappa shape index (κ3) is 4.52. The summed E-state index contributed by atoms with van der Waals surface area (Å²) in [5, 5.41) is 6.87. The molecule has 5 rings (SSSR count). The first-order chi connectivity index (χ1) is 15.1. The molecule has 2 saturated heterocycles. The SMILES string of the molecule is Cc1ccccc1CN1CCC(N2CCC(c3cc4c(cc3Br)[N]C(=O)N4)CC2)CC1. The molecule has 2 amide bonds. The number of hydrogen-bond donors (Lipinski definition) is 1. The average molecular weight is 482 g/mol. The highest BCUT2D eigenvalue weighted by molar-refractivity contribution is 9.10. The molecule has 1 radical (unpaired) electrons. The van der Waals surface area contributed by atoms with E-state index in [9.17, 15) is 4.79 Å². The van der Waals surface area contributed by atoms with E-state index in [1.807, 2.05) is 6.07 Å². The van der Waals surface area contributed by atoms with Crippen LogP contribution >= 0.6 is 15.9 Å². The number of piperidine rings is 2. The average Bonchev–Trinajstić information content (AvgIpc) is 3.14.